The van der Waals surface area contributed by atoms with Crippen LogP contribution in [0, 0.1) is 0 Å². The van der Waals surface area contributed by atoms with Crippen LogP contribution in [0.3, 0.4) is 0 Å². The van der Waals surface area contributed by atoms with Gasteiger partial charge in [-0.25, -0.2) is 0 Å². The Kier molecular flexibility index (Phi) is 3.93. The molecule has 16 heavy (non-hydrogen) atoms. The van der Waals surface area contributed by atoms with E-state index in [9.17, 15) is 0 Å². The van der Waals surface area contributed by atoms with Crippen molar-refractivity contribution in [1.82, 2.24) is 10.3 Å². The fourth-order valence-corrected chi connectivity index (χ4v) is 2.32. The van der Waals surface area contributed by atoms with Gasteiger partial charge in [-0.2, -0.15) is 0 Å². The van der Waals surface area contributed by atoms with Crippen molar-refractivity contribution < 1.29 is 0 Å². The zero-order chi connectivity index (χ0) is 11.4. The molecule has 0 saturated carbocycles. The van der Waals surface area contributed by atoms with Gasteiger partial charge < -0.3 is 5.32 Å². The smallest absolute Gasteiger partial charge is 0.0794 e. The molecular formula is C12H13ClN2S. The van der Waals surface area contributed by atoms with Gasteiger partial charge in [0.25, 0.3) is 0 Å². The average molecular weight is 253 g/mol. The summed E-state index contributed by atoms with van der Waals surface area (Å²) in [6, 6.07) is 8.23. The lowest BCUT2D eigenvalue weighted by Crippen LogP contribution is -2.17. The quantitative estimate of drug-likeness (QED) is 0.899. The zero-order valence-corrected chi connectivity index (χ0v) is 10.6. The van der Waals surface area contributed by atoms with Crippen molar-refractivity contribution in [3.05, 3.63) is 51.4 Å². The number of hydrogen-bond donors (Lipinski definition) is 1. The highest BCUT2D eigenvalue weighted by molar-refractivity contribution is 7.09. The first kappa shape index (κ1) is 11.6. The van der Waals surface area contributed by atoms with Crippen molar-refractivity contribution in [3.63, 3.8) is 0 Å². The molecule has 1 aromatic carbocycles. The lowest BCUT2D eigenvalue weighted by atomic mass is 10.2. The molecule has 0 aliphatic heterocycles. The monoisotopic (exact) mass is 252 g/mol. The SMILES string of the molecule is CC(NCc1cccc(Cl)c1)c1cncs1. The number of hydrogen-bond acceptors (Lipinski definition) is 3. The van der Waals surface area contributed by atoms with E-state index >= 15 is 0 Å². The Balaban J connectivity index is 1.92. The zero-order valence-electron chi connectivity index (χ0n) is 8.98. The van der Waals surface area contributed by atoms with E-state index in [1.54, 1.807) is 11.3 Å². The summed E-state index contributed by atoms with van der Waals surface area (Å²) < 4.78 is 0. The van der Waals surface area contributed by atoms with Crippen molar-refractivity contribution >= 4 is 22.9 Å². The van der Waals surface area contributed by atoms with Gasteiger partial charge in [-0.1, -0.05) is 23.7 Å². The minimum absolute atomic E-state index is 0.325. The molecule has 84 valence electrons. The molecule has 2 aromatic rings. The molecule has 0 bridgehead atoms. The van der Waals surface area contributed by atoms with Gasteiger partial charge in [0.15, 0.2) is 0 Å². The molecule has 0 radical (unpaired) electrons. The van der Waals surface area contributed by atoms with E-state index < -0.39 is 0 Å². The van der Waals surface area contributed by atoms with Gasteiger partial charge in [-0.15, -0.1) is 11.3 Å². The Labute approximate surface area is 104 Å². The lowest BCUT2D eigenvalue weighted by Gasteiger charge is -2.11. The minimum Gasteiger partial charge on any atom is -0.305 e. The number of thiazole rings is 1. The summed E-state index contributed by atoms with van der Waals surface area (Å²) in [5, 5.41) is 4.22. The van der Waals surface area contributed by atoms with Crippen molar-refractivity contribution in [1.29, 1.82) is 0 Å². The van der Waals surface area contributed by atoms with Gasteiger partial charge in [-0.05, 0) is 24.6 Å². The molecule has 1 N–H and O–H groups in total. The van der Waals surface area contributed by atoms with Crippen LogP contribution in [0.1, 0.15) is 23.4 Å². The fraction of sp³-hybridized carbons (Fsp3) is 0.250. The Morgan fingerprint density at radius 3 is 3.06 bits per heavy atom. The second-order valence-electron chi connectivity index (χ2n) is 3.64. The highest BCUT2D eigenvalue weighted by Gasteiger charge is 2.05. The summed E-state index contributed by atoms with van der Waals surface area (Å²) in [4.78, 5) is 5.32. The molecule has 1 unspecified atom stereocenters. The van der Waals surface area contributed by atoms with E-state index in [1.165, 1.54) is 10.4 Å². The maximum Gasteiger partial charge on any atom is 0.0794 e. The van der Waals surface area contributed by atoms with Crippen LogP contribution in [0.25, 0.3) is 0 Å². The van der Waals surface area contributed by atoms with Gasteiger partial charge in [0.05, 0.1) is 5.51 Å². The molecule has 1 atom stereocenters. The summed E-state index contributed by atoms with van der Waals surface area (Å²) in [7, 11) is 0. The lowest BCUT2D eigenvalue weighted by molar-refractivity contribution is 0.582. The maximum absolute atomic E-state index is 5.92. The Morgan fingerprint density at radius 2 is 2.38 bits per heavy atom. The minimum atomic E-state index is 0.325. The van der Waals surface area contributed by atoms with Crippen molar-refractivity contribution in [2.45, 2.75) is 19.5 Å². The number of aromatic nitrogens is 1. The van der Waals surface area contributed by atoms with Crippen LogP contribution in [0.15, 0.2) is 36.0 Å². The molecule has 0 saturated heterocycles. The van der Waals surface area contributed by atoms with Crippen molar-refractivity contribution in [3.8, 4) is 0 Å². The first-order valence-electron chi connectivity index (χ1n) is 5.12. The molecule has 0 aliphatic carbocycles. The molecule has 0 spiro atoms. The van der Waals surface area contributed by atoms with Crippen LogP contribution < -0.4 is 5.32 Å². The highest BCUT2D eigenvalue weighted by Crippen LogP contribution is 2.17. The van der Waals surface area contributed by atoms with Crippen LogP contribution in [0.2, 0.25) is 5.02 Å². The Bertz CT molecular complexity index is 442. The summed E-state index contributed by atoms with van der Waals surface area (Å²) in [5.74, 6) is 0. The van der Waals surface area contributed by atoms with E-state index in [0.717, 1.165) is 11.6 Å². The molecule has 0 fully saturated rings. The third-order valence-electron chi connectivity index (χ3n) is 2.38. The van der Waals surface area contributed by atoms with Crippen LogP contribution in [-0.4, -0.2) is 4.98 Å². The highest BCUT2D eigenvalue weighted by atomic mass is 35.5. The number of rotatable bonds is 4. The predicted octanol–water partition coefficient (Wildman–Crippen LogP) is 3.65. The fourth-order valence-electron chi connectivity index (χ4n) is 1.46. The van der Waals surface area contributed by atoms with E-state index in [4.69, 9.17) is 11.6 Å². The molecule has 0 amide bonds. The molecule has 2 nitrogen and oxygen atoms in total. The topological polar surface area (TPSA) is 24.9 Å². The van der Waals surface area contributed by atoms with Gasteiger partial charge in [0.2, 0.25) is 0 Å². The van der Waals surface area contributed by atoms with E-state index in [0.29, 0.717) is 6.04 Å². The summed E-state index contributed by atoms with van der Waals surface area (Å²) in [6.07, 6.45) is 1.90. The molecular weight excluding hydrogens is 240 g/mol. The van der Waals surface area contributed by atoms with E-state index in [1.807, 2.05) is 29.9 Å². The second-order valence-corrected chi connectivity index (χ2v) is 4.99. The number of halogens is 1. The molecule has 2 rings (SSSR count). The molecule has 1 aromatic heterocycles. The maximum atomic E-state index is 5.92. The van der Waals surface area contributed by atoms with Gasteiger partial charge in [0.1, 0.15) is 0 Å². The number of benzene rings is 1. The first-order valence-corrected chi connectivity index (χ1v) is 6.37. The molecule has 0 aliphatic rings. The van der Waals surface area contributed by atoms with Crippen molar-refractivity contribution in [2.75, 3.05) is 0 Å². The average Bonchev–Trinajstić information content (AvgIpc) is 2.79. The first-order chi connectivity index (χ1) is 7.75. The second kappa shape index (κ2) is 5.43. The van der Waals surface area contributed by atoms with E-state index in [-0.39, 0.29) is 0 Å². The van der Waals surface area contributed by atoms with Gasteiger partial charge in [-0.3, -0.25) is 4.98 Å². The number of nitrogens with one attached hydrogen (secondary N) is 1. The summed E-state index contributed by atoms with van der Waals surface area (Å²) >= 11 is 7.59. The molecule has 1 heterocycles. The van der Waals surface area contributed by atoms with Crippen LogP contribution in [-0.2, 0) is 6.54 Å². The third-order valence-corrected chi connectivity index (χ3v) is 3.57. The van der Waals surface area contributed by atoms with E-state index in [2.05, 4.69) is 23.3 Å². The van der Waals surface area contributed by atoms with Gasteiger partial charge in [0, 0.05) is 28.7 Å². The largest absolute Gasteiger partial charge is 0.305 e. The molecule has 4 heteroatoms. The van der Waals surface area contributed by atoms with Crippen LogP contribution >= 0.6 is 22.9 Å². The standard InChI is InChI=1S/C12H13ClN2S/c1-9(12-7-14-8-16-12)15-6-10-3-2-4-11(13)5-10/h2-5,7-9,15H,6H2,1H3. The van der Waals surface area contributed by atoms with Crippen LogP contribution in [0.5, 0.6) is 0 Å². The Hall–Kier alpha value is -0.900. The summed E-state index contributed by atoms with van der Waals surface area (Å²) in [5.41, 5.74) is 3.05. The predicted molar refractivity (Wildman–Crippen MR) is 68.8 cm³/mol. The summed E-state index contributed by atoms with van der Waals surface area (Å²) in [6.45, 7) is 2.96. The van der Waals surface area contributed by atoms with Gasteiger partial charge >= 0.3 is 0 Å². The normalized spacial score (nSPS) is 12.6. The third kappa shape index (κ3) is 3.04. The van der Waals surface area contributed by atoms with Crippen molar-refractivity contribution in [2.24, 2.45) is 0 Å². The number of nitrogens with zero attached hydrogens (tertiary/aromatic N) is 1. The Morgan fingerprint density at radius 1 is 1.50 bits per heavy atom. The van der Waals surface area contributed by atoms with Crippen LogP contribution in [0.4, 0.5) is 0 Å².